The van der Waals surface area contributed by atoms with Crippen LogP contribution in [0, 0.1) is 11.3 Å². The SMILES string of the molecule is CC1(CCC(=O)N2CCC(N3CCC[C@H](C(=O)NC4CC4)C3)CC2)CC1. The van der Waals surface area contributed by atoms with Gasteiger partial charge >= 0.3 is 0 Å². The molecule has 0 aromatic carbocycles. The molecule has 146 valence electrons. The van der Waals surface area contributed by atoms with E-state index in [4.69, 9.17) is 0 Å². The average molecular weight is 362 g/mol. The maximum absolute atomic E-state index is 12.5. The van der Waals surface area contributed by atoms with Gasteiger partial charge in [0.15, 0.2) is 0 Å². The molecule has 1 N–H and O–H groups in total. The van der Waals surface area contributed by atoms with E-state index in [9.17, 15) is 9.59 Å². The zero-order valence-corrected chi connectivity index (χ0v) is 16.3. The molecule has 0 aromatic heterocycles. The Labute approximate surface area is 157 Å². The van der Waals surface area contributed by atoms with Crippen LogP contribution in [0.25, 0.3) is 0 Å². The van der Waals surface area contributed by atoms with Crippen LogP contribution in [-0.2, 0) is 9.59 Å². The molecule has 2 saturated heterocycles. The minimum absolute atomic E-state index is 0.170. The van der Waals surface area contributed by atoms with E-state index in [0.717, 1.165) is 77.5 Å². The van der Waals surface area contributed by atoms with E-state index in [1.807, 2.05) is 0 Å². The Morgan fingerprint density at radius 2 is 1.77 bits per heavy atom. The minimum atomic E-state index is 0.170. The first-order chi connectivity index (χ1) is 12.5. The second kappa shape index (κ2) is 7.49. The topological polar surface area (TPSA) is 52.7 Å². The summed E-state index contributed by atoms with van der Waals surface area (Å²) in [4.78, 5) is 29.5. The second-order valence-electron chi connectivity index (χ2n) is 9.54. The number of nitrogens with zero attached hydrogens (tertiary/aromatic N) is 2. The van der Waals surface area contributed by atoms with Gasteiger partial charge in [-0.2, -0.15) is 0 Å². The summed E-state index contributed by atoms with van der Waals surface area (Å²) in [5.74, 6) is 0.804. The van der Waals surface area contributed by atoms with E-state index >= 15 is 0 Å². The van der Waals surface area contributed by atoms with Gasteiger partial charge < -0.3 is 10.2 Å². The monoisotopic (exact) mass is 361 g/mol. The predicted octanol–water partition coefficient (Wildman–Crippen LogP) is 2.55. The van der Waals surface area contributed by atoms with Gasteiger partial charge in [-0.05, 0) is 69.7 Å². The van der Waals surface area contributed by atoms with Gasteiger partial charge in [0.05, 0.1) is 5.92 Å². The number of hydrogen-bond donors (Lipinski definition) is 1. The van der Waals surface area contributed by atoms with Gasteiger partial charge in [-0.1, -0.05) is 6.92 Å². The highest BCUT2D eigenvalue weighted by atomic mass is 16.2. The van der Waals surface area contributed by atoms with Gasteiger partial charge in [0.2, 0.25) is 11.8 Å². The summed E-state index contributed by atoms with van der Waals surface area (Å²) in [7, 11) is 0. The lowest BCUT2D eigenvalue weighted by Crippen LogP contribution is -2.51. The smallest absolute Gasteiger partial charge is 0.224 e. The van der Waals surface area contributed by atoms with Gasteiger partial charge in [0, 0.05) is 38.1 Å². The van der Waals surface area contributed by atoms with Gasteiger partial charge in [0.25, 0.3) is 0 Å². The first-order valence-electron chi connectivity index (χ1n) is 10.8. The van der Waals surface area contributed by atoms with Gasteiger partial charge in [-0.25, -0.2) is 0 Å². The van der Waals surface area contributed by atoms with Crippen molar-refractivity contribution in [2.75, 3.05) is 26.2 Å². The molecule has 4 rings (SSSR count). The molecule has 0 bridgehead atoms. The van der Waals surface area contributed by atoms with E-state index in [-0.39, 0.29) is 11.8 Å². The maximum Gasteiger partial charge on any atom is 0.224 e. The number of carbonyl (C=O) groups is 2. The fourth-order valence-electron chi connectivity index (χ4n) is 4.61. The molecule has 4 aliphatic rings. The standard InChI is InChI=1S/C21H35N3O2/c1-21(10-11-21)9-6-19(25)23-13-7-18(8-14-23)24-12-2-3-16(15-24)20(26)22-17-4-5-17/h16-18H,2-15H2,1H3,(H,22,26)/t16-/m0/s1. The van der Waals surface area contributed by atoms with E-state index < -0.39 is 0 Å². The van der Waals surface area contributed by atoms with Crippen molar-refractivity contribution in [2.45, 2.75) is 83.2 Å². The second-order valence-corrected chi connectivity index (χ2v) is 9.54. The zero-order chi connectivity index (χ0) is 18.1. The molecule has 0 aromatic rings. The van der Waals surface area contributed by atoms with Crippen molar-refractivity contribution in [3.8, 4) is 0 Å². The summed E-state index contributed by atoms with van der Waals surface area (Å²) in [6.45, 7) is 6.13. The van der Waals surface area contributed by atoms with Crippen LogP contribution in [-0.4, -0.2) is 59.9 Å². The molecule has 4 fully saturated rings. The highest BCUT2D eigenvalue weighted by Crippen LogP contribution is 2.49. The summed E-state index contributed by atoms with van der Waals surface area (Å²) in [6, 6.07) is 1.02. The minimum Gasteiger partial charge on any atom is -0.353 e. The normalized spacial score (nSPS) is 29.4. The molecule has 0 unspecified atom stereocenters. The van der Waals surface area contributed by atoms with Crippen molar-refractivity contribution in [1.29, 1.82) is 0 Å². The maximum atomic E-state index is 12.5. The Hall–Kier alpha value is -1.10. The molecule has 1 atom stereocenters. The molecular formula is C21H35N3O2. The quantitative estimate of drug-likeness (QED) is 0.791. The first kappa shape index (κ1) is 18.3. The molecule has 0 spiro atoms. The number of rotatable bonds is 6. The highest BCUT2D eigenvalue weighted by Gasteiger charge is 2.38. The van der Waals surface area contributed by atoms with E-state index in [1.165, 1.54) is 12.8 Å². The molecule has 2 heterocycles. The van der Waals surface area contributed by atoms with Gasteiger partial charge in [-0.3, -0.25) is 14.5 Å². The van der Waals surface area contributed by atoms with Crippen LogP contribution < -0.4 is 5.32 Å². The summed E-state index contributed by atoms with van der Waals surface area (Å²) in [5, 5.41) is 3.18. The predicted molar refractivity (Wildman–Crippen MR) is 102 cm³/mol. The summed E-state index contributed by atoms with van der Waals surface area (Å²) in [5.41, 5.74) is 0.470. The van der Waals surface area contributed by atoms with Gasteiger partial charge in [-0.15, -0.1) is 0 Å². The number of hydrogen-bond acceptors (Lipinski definition) is 3. The number of likely N-dealkylation sites (tertiary alicyclic amines) is 2. The summed E-state index contributed by atoms with van der Waals surface area (Å²) in [6.07, 6.45) is 11.0. The zero-order valence-electron chi connectivity index (χ0n) is 16.3. The highest BCUT2D eigenvalue weighted by molar-refractivity contribution is 5.79. The summed E-state index contributed by atoms with van der Waals surface area (Å²) < 4.78 is 0. The number of piperidine rings is 2. The van der Waals surface area contributed by atoms with Crippen molar-refractivity contribution < 1.29 is 9.59 Å². The Balaban J connectivity index is 1.20. The lowest BCUT2D eigenvalue weighted by Gasteiger charge is -2.42. The molecular weight excluding hydrogens is 326 g/mol. The molecule has 2 aliphatic carbocycles. The third-order valence-electron chi connectivity index (χ3n) is 7.13. The van der Waals surface area contributed by atoms with Crippen LogP contribution >= 0.6 is 0 Å². The Morgan fingerprint density at radius 1 is 1.04 bits per heavy atom. The van der Waals surface area contributed by atoms with Crippen molar-refractivity contribution in [2.24, 2.45) is 11.3 Å². The van der Waals surface area contributed by atoms with Crippen LogP contribution in [0.3, 0.4) is 0 Å². The van der Waals surface area contributed by atoms with Crippen LogP contribution in [0.4, 0.5) is 0 Å². The van der Waals surface area contributed by atoms with E-state index in [1.54, 1.807) is 0 Å². The Kier molecular flexibility index (Phi) is 5.27. The summed E-state index contributed by atoms with van der Waals surface area (Å²) >= 11 is 0. The largest absolute Gasteiger partial charge is 0.353 e. The number of carbonyl (C=O) groups excluding carboxylic acids is 2. The van der Waals surface area contributed by atoms with E-state index in [0.29, 0.717) is 23.4 Å². The molecule has 2 saturated carbocycles. The van der Waals surface area contributed by atoms with Crippen LogP contribution in [0.15, 0.2) is 0 Å². The van der Waals surface area contributed by atoms with Crippen molar-refractivity contribution in [3.63, 3.8) is 0 Å². The fourth-order valence-corrected chi connectivity index (χ4v) is 4.61. The molecule has 2 aliphatic heterocycles. The molecule has 5 nitrogen and oxygen atoms in total. The van der Waals surface area contributed by atoms with Crippen molar-refractivity contribution in [1.82, 2.24) is 15.1 Å². The molecule has 0 radical (unpaired) electrons. The number of nitrogens with one attached hydrogen (secondary N) is 1. The van der Waals surface area contributed by atoms with Gasteiger partial charge in [0.1, 0.15) is 0 Å². The van der Waals surface area contributed by atoms with Crippen LogP contribution in [0.1, 0.15) is 71.1 Å². The van der Waals surface area contributed by atoms with Crippen molar-refractivity contribution in [3.05, 3.63) is 0 Å². The molecule has 2 amide bonds. The Bertz CT molecular complexity index is 533. The lowest BCUT2D eigenvalue weighted by atomic mass is 9.93. The van der Waals surface area contributed by atoms with Crippen LogP contribution in [0.5, 0.6) is 0 Å². The van der Waals surface area contributed by atoms with E-state index in [2.05, 4.69) is 22.0 Å². The number of amides is 2. The third kappa shape index (κ3) is 4.59. The third-order valence-corrected chi connectivity index (χ3v) is 7.13. The molecule has 5 heteroatoms. The molecule has 26 heavy (non-hydrogen) atoms. The fraction of sp³-hybridized carbons (Fsp3) is 0.905. The average Bonchev–Trinajstić information content (AvgIpc) is 3.59. The lowest BCUT2D eigenvalue weighted by molar-refractivity contribution is -0.133. The van der Waals surface area contributed by atoms with Crippen molar-refractivity contribution >= 4 is 11.8 Å². The Morgan fingerprint density at radius 3 is 2.42 bits per heavy atom. The first-order valence-corrected chi connectivity index (χ1v) is 10.8. The van der Waals surface area contributed by atoms with Crippen LogP contribution in [0.2, 0.25) is 0 Å².